The van der Waals surface area contributed by atoms with Crippen LogP contribution in [-0.4, -0.2) is 85.1 Å². The fourth-order valence-electron chi connectivity index (χ4n) is 5.90. The van der Waals surface area contributed by atoms with Gasteiger partial charge in [0.15, 0.2) is 11.6 Å². The largest absolute Gasteiger partial charge is 0.507 e. The number of ether oxygens (including phenoxy) is 1. The van der Waals surface area contributed by atoms with Gasteiger partial charge >= 0.3 is 0 Å². The van der Waals surface area contributed by atoms with Gasteiger partial charge in [0.25, 0.3) is 0 Å². The fourth-order valence-corrected chi connectivity index (χ4v) is 5.90. The van der Waals surface area contributed by atoms with Crippen LogP contribution in [0.3, 0.4) is 0 Å². The monoisotopic (exact) mass is 576 g/mol. The molecule has 0 amide bonds. The van der Waals surface area contributed by atoms with Crippen molar-refractivity contribution in [1.29, 1.82) is 0 Å². The maximum Gasteiger partial charge on any atom is 0.201 e. The summed E-state index contributed by atoms with van der Waals surface area (Å²) in [7, 11) is 1.24. The molecule has 4 aromatic rings. The third-order valence-electron chi connectivity index (χ3n) is 7.85. The van der Waals surface area contributed by atoms with Gasteiger partial charge in [0, 0.05) is 23.6 Å². The number of benzene rings is 4. The van der Waals surface area contributed by atoms with Crippen LogP contribution < -0.4 is 0 Å². The number of aromatic hydroxyl groups is 4. The number of hydrogen-bond donors (Lipinski definition) is 7. The molecule has 218 valence electrons. The predicted octanol–water partition coefficient (Wildman–Crippen LogP) is 2.76. The first-order valence-electron chi connectivity index (χ1n) is 12.9. The van der Waals surface area contributed by atoms with Gasteiger partial charge in [-0.3, -0.25) is 14.4 Å². The molecule has 0 radical (unpaired) electrons. The van der Waals surface area contributed by atoms with Crippen molar-refractivity contribution in [2.75, 3.05) is 13.7 Å². The highest BCUT2D eigenvalue weighted by molar-refractivity contribution is 6.34. The lowest BCUT2D eigenvalue weighted by atomic mass is 9.76. The van der Waals surface area contributed by atoms with Crippen LogP contribution in [0.4, 0.5) is 0 Å². The van der Waals surface area contributed by atoms with Crippen LogP contribution in [0, 0.1) is 13.8 Å². The van der Waals surface area contributed by atoms with Crippen molar-refractivity contribution >= 4 is 38.9 Å². The first-order valence-corrected chi connectivity index (χ1v) is 12.9. The summed E-state index contributed by atoms with van der Waals surface area (Å²) in [5.41, 5.74) is -0.870. The van der Waals surface area contributed by atoms with E-state index in [4.69, 9.17) is 4.74 Å². The number of rotatable bonds is 7. The Bertz CT molecular complexity index is 1870. The Morgan fingerprint density at radius 1 is 0.833 bits per heavy atom. The molecule has 5 rings (SSSR count). The van der Waals surface area contributed by atoms with E-state index in [1.54, 1.807) is 6.92 Å². The second kappa shape index (κ2) is 10.1. The highest BCUT2D eigenvalue weighted by Gasteiger charge is 2.39. The van der Waals surface area contributed by atoms with E-state index in [1.165, 1.54) is 45.2 Å². The Morgan fingerprint density at radius 2 is 1.50 bits per heavy atom. The van der Waals surface area contributed by atoms with E-state index in [0.717, 1.165) is 0 Å². The minimum absolute atomic E-state index is 0.0319. The molecule has 0 saturated carbocycles. The molecule has 0 aromatic heterocycles. The smallest absolute Gasteiger partial charge is 0.201 e. The van der Waals surface area contributed by atoms with E-state index < -0.39 is 76.4 Å². The van der Waals surface area contributed by atoms with Crippen LogP contribution in [0.15, 0.2) is 24.3 Å². The van der Waals surface area contributed by atoms with Gasteiger partial charge in [-0.2, -0.15) is 0 Å². The van der Waals surface area contributed by atoms with Gasteiger partial charge in [-0.1, -0.05) is 6.07 Å². The molecule has 0 saturated heterocycles. The van der Waals surface area contributed by atoms with Gasteiger partial charge < -0.3 is 40.5 Å². The van der Waals surface area contributed by atoms with Gasteiger partial charge in [0.1, 0.15) is 41.3 Å². The van der Waals surface area contributed by atoms with Crippen molar-refractivity contribution in [3.8, 4) is 34.1 Å². The Balaban J connectivity index is 1.88. The van der Waals surface area contributed by atoms with E-state index in [1.807, 2.05) is 0 Å². The lowest BCUT2D eigenvalue weighted by Gasteiger charge is -2.27. The van der Waals surface area contributed by atoms with E-state index >= 15 is 0 Å². The minimum Gasteiger partial charge on any atom is -0.507 e. The van der Waals surface area contributed by atoms with Crippen molar-refractivity contribution in [2.24, 2.45) is 0 Å². The zero-order valence-corrected chi connectivity index (χ0v) is 23.0. The standard InChI is InChI=1S/C31H28O11/c1-10-7-15-20-24-18(14-6-5-13(12(3)32)25(35)21(14)28(20)38)11(2)8-16(33)23(24)29(39)22(15)27(37)19(10)30(40)31(41)26(36)17(34)9-42-4/h5-8,17,26,31,33-38,41H,9H2,1-4H3. The highest BCUT2D eigenvalue weighted by Crippen LogP contribution is 2.55. The zero-order valence-electron chi connectivity index (χ0n) is 23.0. The SMILES string of the molecule is COCC(O)C(O)C(O)C(=O)c1c(C)cc2c(c1O)C(=O)c1c(O)cc(C)c3c1c-2c(O)c1c(O)c(C(C)=O)ccc13. The molecule has 0 bridgehead atoms. The Morgan fingerprint density at radius 3 is 2.12 bits per heavy atom. The van der Waals surface area contributed by atoms with Crippen molar-refractivity contribution in [3.05, 3.63) is 57.6 Å². The highest BCUT2D eigenvalue weighted by atomic mass is 16.5. The number of aliphatic hydroxyl groups excluding tert-OH is 3. The van der Waals surface area contributed by atoms with Gasteiger partial charge in [0.2, 0.25) is 5.78 Å². The van der Waals surface area contributed by atoms with Crippen LogP contribution in [0.5, 0.6) is 23.0 Å². The molecular formula is C31H28O11. The third kappa shape index (κ3) is 3.93. The molecule has 11 heteroatoms. The molecule has 0 heterocycles. The van der Waals surface area contributed by atoms with E-state index in [0.29, 0.717) is 16.3 Å². The molecule has 0 spiro atoms. The molecule has 3 unspecified atom stereocenters. The van der Waals surface area contributed by atoms with Crippen molar-refractivity contribution in [3.63, 3.8) is 0 Å². The lowest BCUT2D eigenvalue weighted by molar-refractivity contribution is -0.0710. The number of Topliss-reactive ketones (excluding diaryl/α,β-unsaturated/α-hetero) is 2. The van der Waals surface area contributed by atoms with Crippen molar-refractivity contribution in [2.45, 2.75) is 39.1 Å². The summed E-state index contributed by atoms with van der Waals surface area (Å²) in [6.45, 7) is 3.90. The van der Waals surface area contributed by atoms with Gasteiger partial charge in [-0.15, -0.1) is 0 Å². The summed E-state index contributed by atoms with van der Waals surface area (Å²) >= 11 is 0. The number of fused-ring (bicyclic) bond motifs is 4. The predicted molar refractivity (Wildman–Crippen MR) is 151 cm³/mol. The Labute approximate surface area is 238 Å². The van der Waals surface area contributed by atoms with Crippen LogP contribution >= 0.6 is 0 Å². The van der Waals surface area contributed by atoms with Gasteiger partial charge in [-0.25, -0.2) is 0 Å². The normalized spacial score (nSPS) is 14.6. The quantitative estimate of drug-likeness (QED) is 0.111. The molecule has 1 aliphatic rings. The molecule has 3 atom stereocenters. The summed E-state index contributed by atoms with van der Waals surface area (Å²) < 4.78 is 4.74. The fraction of sp³-hybridized carbons (Fsp3) is 0.258. The Hall–Kier alpha value is -4.55. The number of carbonyl (C=O) groups excluding carboxylic acids is 3. The van der Waals surface area contributed by atoms with E-state index in [9.17, 15) is 50.1 Å². The van der Waals surface area contributed by atoms with Crippen LogP contribution in [0.25, 0.3) is 32.7 Å². The summed E-state index contributed by atoms with van der Waals surface area (Å²) in [5.74, 6) is -4.92. The number of carbonyl (C=O) groups is 3. The second-order valence-electron chi connectivity index (χ2n) is 10.5. The summed E-state index contributed by atoms with van der Waals surface area (Å²) in [6, 6.07) is 5.54. The third-order valence-corrected chi connectivity index (χ3v) is 7.85. The zero-order chi connectivity index (χ0) is 30.9. The summed E-state index contributed by atoms with van der Waals surface area (Å²) in [5, 5.41) is 76.5. The minimum atomic E-state index is -2.21. The first-order chi connectivity index (χ1) is 19.7. The van der Waals surface area contributed by atoms with Crippen molar-refractivity contribution in [1.82, 2.24) is 0 Å². The number of aliphatic hydroxyl groups is 3. The molecule has 7 N–H and O–H groups in total. The van der Waals surface area contributed by atoms with E-state index in [2.05, 4.69) is 0 Å². The maximum absolute atomic E-state index is 13.9. The van der Waals surface area contributed by atoms with Gasteiger partial charge in [0.05, 0.1) is 34.2 Å². The number of phenolic OH excluding ortho intramolecular Hbond substituents is 4. The maximum atomic E-state index is 13.9. The van der Waals surface area contributed by atoms with Crippen LogP contribution in [-0.2, 0) is 4.74 Å². The van der Waals surface area contributed by atoms with Crippen LogP contribution in [0.1, 0.15) is 54.7 Å². The number of phenols is 4. The second-order valence-corrected chi connectivity index (χ2v) is 10.5. The average molecular weight is 577 g/mol. The first kappa shape index (κ1) is 29.0. The topological polar surface area (TPSA) is 202 Å². The van der Waals surface area contributed by atoms with Crippen LogP contribution in [0.2, 0.25) is 0 Å². The number of aryl methyl sites for hydroxylation is 2. The summed E-state index contributed by atoms with van der Waals surface area (Å²) in [4.78, 5) is 39.4. The molecule has 4 aromatic carbocycles. The lowest BCUT2D eigenvalue weighted by Crippen LogP contribution is -2.44. The average Bonchev–Trinajstić information content (AvgIpc) is 2.91. The number of ketones is 3. The van der Waals surface area contributed by atoms with E-state index in [-0.39, 0.29) is 38.6 Å². The van der Waals surface area contributed by atoms with Gasteiger partial charge in [-0.05, 0) is 60.9 Å². The molecule has 1 aliphatic carbocycles. The Kier molecular flexibility index (Phi) is 6.94. The molecule has 42 heavy (non-hydrogen) atoms. The molecular weight excluding hydrogens is 548 g/mol. The molecule has 0 aliphatic heterocycles. The molecule has 0 fully saturated rings. The van der Waals surface area contributed by atoms with Crippen molar-refractivity contribution < 1.29 is 54.9 Å². The number of hydrogen-bond acceptors (Lipinski definition) is 11. The molecule has 11 nitrogen and oxygen atoms in total. The number of methoxy groups -OCH3 is 1. The summed E-state index contributed by atoms with van der Waals surface area (Å²) in [6.07, 6.45) is -5.83.